The summed E-state index contributed by atoms with van der Waals surface area (Å²) in [5.41, 5.74) is 5.97. The molecule has 0 radical (unpaired) electrons. The summed E-state index contributed by atoms with van der Waals surface area (Å²) in [7, 11) is 0. The van der Waals surface area contributed by atoms with Crippen LogP contribution in [0.25, 0.3) is 0 Å². The third-order valence-corrected chi connectivity index (χ3v) is 1.94. The molecule has 0 aromatic heterocycles. The van der Waals surface area contributed by atoms with Gasteiger partial charge in [-0.05, 0) is 37.4 Å². The second-order valence-corrected chi connectivity index (χ2v) is 3.02. The summed E-state index contributed by atoms with van der Waals surface area (Å²) in [6.45, 7) is 0.639. The van der Waals surface area contributed by atoms with Crippen molar-refractivity contribution >= 4 is 0 Å². The molecular weight excluding hydrogens is 169 g/mol. The lowest BCUT2D eigenvalue weighted by Gasteiger charge is -2.02. The number of aryl methyl sites for hydroxylation is 1. The number of hydrogen-bond donors (Lipinski definition) is 2. The van der Waals surface area contributed by atoms with Gasteiger partial charge in [-0.25, -0.2) is 4.39 Å². The Balaban J connectivity index is 2.56. The van der Waals surface area contributed by atoms with Gasteiger partial charge in [-0.3, -0.25) is 0 Å². The molecule has 0 amide bonds. The zero-order valence-corrected chi connectivity index (χ0v) is 7.46. The molecule has 0 fully saturated rings. The minimum atomic E-state index is -0.336. The van der Waals surface area contributed by atoms with Gasteiger partial charge in [0.25, 0.3) is 0 Å². The first-order chi connectivity index (χ1) is 6.24. The van der Waals surface area contributed by atoms with E-state index < -0.39 is 0 Å². The quantitative estimate of drug-likeness (QED) is 0.699. The predicted octanol–water partition coefficient (Wildman–Crippen LogP) is 1.81. The van der Waals surface area contributed by atoms with Gasteiger partial charge < -0.3 is 10.8 Å². The Bertz CT molecular complexity index is 276. The average Bonchev–Trinajstić information content (AvgIpc) is 2.09. The molecule has 0 heterocycles. The summed E-state index contributed by atoms with van der Waals surface area (Å²) in [5.74, 6) is -0.364. The number of nitrogens with two attached hydrogens (primary N) is 1. The highest BCUT2D eigenvalue weighted by molar-refractivity contribution is 5.27. The molecule has 1 aromatic carbocycles. The molecule has 0 aliphatic heterocycles. The van der Waals surface area contributed by atoms with E-state index in [1.54, 1.807) is 6.07 Å². The van der Waals surface area contributed by atoms with Gasteiger partial charge in [-0.15, -0.1) is 0 Å². The van der Waals surface area contributed by atoms with Gasteiger partial charge in [0.05, 0.1) is 0 Å². The summed E-state index contributed by atoms with van der Waals surface area (Å²) in [6.07, 6.45) is 2.47. The van der Waals surface area contributed by atoms with Crippen molar-refractivity contribution in [2.24, 2.45) is 5.73 Å². The van der Waals surface area contributed by atoms with Gasteiger partial charge in [-0.1, -0.05) is 6.07 Å². The minimum Gasteiger partial charge on any atom is -0.508 e. The second-order valence-electron chi connectivity index (χ2n) is 3.02. The van der Waals surface area contributed by atoms with Crippen molar-refractivity contribution in [1.82, 2.24) is 0 Å². The van der Waals surface area contributed by atoms with E-state index in [0.29, 0.717) is 18.5 Å². The van der Waals surface area contributed by atoms with E-state index in [-0.39, 0.29) is 11.6 Å². The molecule has 72 valence electrons. The summed E-state index contributed by atoms with van der Waals surface area (Å²) in [4.78, 5) is 0. The maximum atomic E-state index is 13.1. The van der Waals surface area contributed by atoms with Crippen molar-refractivity contribution in [2.45, 2.75) is 19.3 Å². The van der Waals surface area contributed by atoms with Crippen molar-refractivity contribution in [1.29, 1.82) is 0 Å². The van der Waals surface area contributed by atoms with Gasteiger partial charge in [0.1, 0.15) is 11.6 Å². The number of aromatic hydroxyl groups is 1. The van der Waals surface area contributed by atoms with Gasteiger partial charge in [0.15, 0.2) is 0 Å². The molecule has 0 aliphatic carbocycles. The summed E-state index contributed by atoms with van der Waals surface area (Å²) >= 11 is 0. The number of phenols is 1. The Morgan fingerprint density at radius 3 is 2.69 bits per heavy atom. The van der Waals surface area contributed by atoms with Gasteiger partial charge in [-0.2, -0.15) is 0 Å². The van der Waals surface area contributed by atoms with Gasteiger partial charge in [0.2, 0.25) is 0 Å². The van der Waals surface area contributed by atoms with Crippen LogP contribution in [0, 0.1) is 5.82 Å². The molecule has 2 nitrogen and oxygen atoms in total. The fourth-order valence-electron chi connectivity index (χ4n) is 1.20. The van der Waals surface area contributed by atoms with E-state index in [1.165, 1.54) is 6.07 Å². The summed E-state index contributed by atoms with van der Waals surface area (Å²) < 4.78 is 13.1. The lowest BCUT2D eigenvalue weighted by molar-refractivity contribution is 0.467. The third kappa shape index (κ3) is 3.03. The molecule has 0 saturated heterocycles. The average molecular weight is 183 g/mol. The normalized spacial score (nSPS) is 10.3. The molecule has 0 atom stereocenters. The molecule has 0 aliphatic rings. The van der Waals surface area contributed by atoms with Crippen LogP contribution in [-0.2, 0) is 6.42 Å². The summed E-state index contributed by atoms with van der Waals surface area (Å²) in [5, 5.41) is 8.95. The molecule has 3 N–H and O–H groups in total. The molecular formula is C10H14FNO. The largest absolute Gasteiger partial charge is 0.508 e. The Labute approximate surface area is 77.2 Å². The highest BCUT2D eigenvalue weighted by Gasteiger charge is 2.01. The fraction of sp³-hybridized carbons (Fsp3) is 0.400. The molecule has 0 bridgehead atoms. The van der Waals surface area contributed by atoms with Crippen molar-refractivity contribution in [3.63, 3.8) is 0 Å². The Morgan fingerprint density at radius 2 is 2.08 bits per heavy atom. The van der Waals surface area contributed by atoms with E-state index in [2.05, 4.69) is 0 Å². The minimum absolute atomic E-state index is 0.0277. The molecule has 1 aromatic rings. The number of hydrogen-bond acceptors (Lipinski definition) is 2. The zero-order chi connectivity index (χ0) is 9.68. The highest BCUT2D eigenvalue weighted by atomic mass is 19.1. The van der Waals surface area contributed by atoms with E-state index in [4.69, 9.17) is 10.8 Å². The first-order valence-corrected chi connectivity index (χ1v) is 4.41. The van der Waals surface area contributed by atoms with Crippen LogP contribution >= 0.6 is 0 Å². The second kappa shape index (κ2) is 4.82. The smallest absolute Gasteiger partial charge is 0.130 e. The topological polar surface area (TPSA) is 46.2 Å². The Hall–Kier alpha value is -1.09. The number of unbranched alkanes of at least 4 members (excludes halogenated alkanes) is 1. The highest BCUT2D eigenvalue weighted by Crippen LogP contribution is 2.16. The van der Waals surface area contributed by atoms with Crippen LogP contribution < -0.4 is 5.73 Å². The SMILES string of the molecule is NCCCCc1ccc(O)cc1F. The summed E-state index contributed by atoms with van der Waals surface area (Å²) in [6, 6.07) is 4.25. The van der Waals surface area contributed by atoms with E-state index in [9.17, 15) is 4.39 Å². The van der Waals surface area contributed by atoms with Crippen molar-refractivity contribution < 1.29 is 9.50 Å². The molecule has 13 heavy (non-hydrogen) atoms. The lowest BCUT2D eigenvalue weighted by atomic mass is 10.1. The zero-order valence-electron chi connectivity index (χ0n) is 7.46. The Morgan fingerprint density at radius 1 is 1.31 bits per heavy atom. The lowest BCUT2D eigenvalue weighted by Crippen LogP contribution is -1.99. The van der Waals surface area contributed by atoms with Crippen molar-refractivity contribution in [2.75, 3.05) is 6.54 Å². The number of benzene rings is 1. The fourth-order valence-corrected chi connectivity index (χ4v) is 1.20. The molecule has 3 heteroatoms. The standard InChI is InChI=1S/C10H14FNO/c11-10-7-9(13)5-4-8(10)3-1-2-6-12/h4-5,7,13H,1-3,6,12H2. The monoisotopic (exact) mass is 183 g/mol. The first-order valence-electron chi connectivity index (χ1n) is 4.41. The molecule has 0 spiro atoms. The Kier molecular flexibility index (Phi) is 3.71. The van der Waals surface area contributed by atoms with Crippen molar-refractivity contribution in [3.05, 3.63) is 29.6 Å². The maximum Gasteiger partial charge on any atom is 0.130 e. The number of phenolic OH excluding ortho intramolecular Hbond substituents is 1. The van der Waals surface area contributed by atoms with Gasteiger partial charge >= 0.3 is 0 Å². The molecule has 1 rings (SSSR count). The predicted molar refractivity (Wildman–Crippen MR) is 50.1 cm³/mol. The van der Waals surface area contributed by atoms with Crippen LogP contribution in [0.4, 0.5) is 4.39 Å². The molecule has 0 unspecified atom stereocenters. The first kappa shape index (κ1) is 9.99. The number of halogens is 1. The van der Waals surface area contributed by atoms with Crippen LogP contribution in [0.2, 0.25) is 0 Å². The molecule has 0 saturated carbocycles. The maximum absolute atomic E-state index is 13.1. The van der Waals surface area contributed by atoms with Crippen LogP contribution in [0.3, 0.4) is 0 Å². The van der Waals surface area contributed by atoms with Crippen LogP contribution in [0.5, 0.6) is 5.75 Å². The third-order valence-electron chi connectivity index (χ3n) is 1.94. The van der Waals surface area contributed by atoms with E-state index >= 15 is 0 Å². The van der Waals surface area contributed by atoms with Gasteiger partial charge in [0, 0.05) is 6.07 Å². The van der Waals surface area contributed by atoms with E-state index in [0.717, 1.165) is 18.9 Å². The van der Waals surface area contributed by atoms with Crippen molar-refractivity contribution in [3.8, 4) is 5.75 Å². The van der Waals surface area contributed by atoms with Crippen LogP contribution in [0.15, 0.2) is 18.2 Å². The van der Waals surface area contributed by atoms with Crippen LogP contribution in [0.1, 0.15) is 18.4 Å². The van der Waals surface area contributed by atoms with E-state index in [1.807, 2.05) is 0 Å². The van der Waals surface area contributed by atoms with Crippen LogP contribution in [-0.4, -0.2) is 11.7 Å². The number of rotatable bonds is 4.